The summed E-state index contributed by atoms with van der Waals surface area (Å²) in [4.78, 5) is 17.5. The van der Waals surface area contributed by atoms with Gasteiger partial charge in [-0.05, 0) is 29.3 Å². The molecule has 0 aliphatic rings. The standard InChI is InChI=1S/C13H11BrClN5/c1-20(6-8-2-4-9(14)5-3-8)12-10-11(17-7-16-10)18-13(15)19-12/h2-5,7H,6H2,1H3,(H,16,17,18,19). The summed E-state index contributed by atoms with van der Waals surface area (Å²) in [7, 11) is 1.96. The maximum atomic E-state index is 5.94. The molecule has 0 saturated carbocycles. The van der Waals surface area contributed by atoms with Gasteiger partial charge in [-0.3, -0.25) is 0 Å². The maximum Gasteiger partial charge on any atom is 0.226 e. The first-order valence-electron chi connectivity index (χ1n) is 5.95. The zero-order valence-electron chi connectivity index (χ0n) is 10.6. The summed E-state index contributed by atoms with van der Waals surface area (Å²) in [5.41, 5.74) is 2.54. The number of imidazole rings is 1. The third-order valence-electron chi connectivity index (χ3n) is 2.93. The van der Waals surface area contributed by atoms with Crippen LogP contribution in [0.15, 0.2) is 35.1 Å². The molecule has 0 aliphatic heterocycles. The highest BCUT2D eigenvalue weighted by Crippen LogP contribution is 2.23. The number of fused-ring (bicyclic) bond motifs is 1. The number of hydrogen-bond donors (Lipinski definition) is 1. The molecule has 0 fully saturated rings. The normalized spacial score (nSPS) is 10.9. The second-order valence-electron chi connectivity index (χ2n) is 4.40. The molecule has 2 aromatic heterocycles. The van der Waals surface area contributed by atoms with E-state index < -0.39 is 0 Å². The van der Waals surface area contributed by atoms with Crippen LogP contribution in [0.25, 0.3) is 11.2 Å². The van der Waals surface area contributed by atoms with Crippen LogP contribution in [0.3, 0.4) is 0 Å². The SMILES string of the molecule is CN(Cc1ccc(Br)cc1)c1nc(Cl)nc2nc[nH]c12. The molecule has 0 saturated heterocycles. The molecule has 0 aliphatic carbocycles. The highest BCUT2D eigenvalue weighted by molar-refractivity contribution is 9.10. The molecule has 0 radical (unpaired) electrons. The molecule has 20 heavy (non-hydrogen) atoms. The predicted molar refractivity (Wildman–Crippen MR) is 82.9 cm³/mol. The Bertz CT molecular complexity index is 740. The summed E-state index contributed by atoms with van der Waals surface area (Å²) in [5, 5.41) is 0.197. The Morgan fingerprint density at radius 2 is 2.00 bits per heavy atom. The lowest BCUT2D eigenvalue weighted by molar-refractivity contribution is 0.898. The van der Waals surface area contributed by atoms with Crippen LogP contribution in [0, 0.1) is 0 Å². The zero-order chi connectivity index (χ0) is 14.1. The Kier molecular flexibility index (Phi) is 3.58. The second-order valence-corrected chi connectivity index (χ2v) is 5.65. The van der Waals surface area contributed by atoms with Crippen molar-refractivity contribution < 1.29 is 0 Å². The first-order chi connectivity index (χ1) is 9.63. The van der Waals surface area contributed by atoms with Gasteiger partial charge in [0, 0.05) is 18.1 Å². The van der Waals surface area contributed by atoms with Crippen LogP contribution in [0.1, 0.15) is 5.56 Å². The molecule has 0 spiro atoms. The minimum Gasteiger partial charge on any atom is -0.353 e. The molecule has 0 unspecified atom stereocenters. The first kappa shape index (κ1) is 13.3. The van der Waals surface area contributed by atoms with Gasteiger partial charge in [0.15, 0.2) is 11.5 Å². The van der Waals surface area contributed by atoms with Crippen molar-refractivity contribution in [2.45, 2.75) is 6.54 Å². The molecular formula is C13H11BrClN5. The second kappa shape index (κ2) is 5.38. The Morgan fingerprint density at radius 1 is 1.25 bits per heavy atom. The summed E-state index contributed by atoms with van der Waals surface area (Å²) in [6.45, 7) is 0.717. The van der Waals surface area contributed by atoms with Gasteiger partial charge in [-0.2, -0.15) is 9.97 Å². The van der Waals surface area contributed by atoms with E-state index in [2.05, 4.69) is 48.0 Å². The number of rotatable bonds is 3. The highest BCUT2D eigenvalue weighted by Gasteiger charge is 2.13. The van der Waals surface area contributed by atoms with Crippen molar-refractivity contribution in [1.82, 2.24) is 19.9 Å². The Balaban J connectivity index is 1.93. The van der Waals surface area contributed by atoms with Gasteiger partial charge in [-0.25, -0.2) is 4.98 Å². The van der Waals surface area contributed by atoms with E-state index in [-0.39, 0.29) is 5.28 Å². The van der Waals surface area contributed by atoms with E-state index in [1.165, 1.54) is 5.56 Å². The van der Waals surface area contributed by atoms with E-state index in [0.29, 0.717) is 5.65 Å². The Labute approximate surface area is 129 Å². The molecule has 0 atom stereocenters. The van der Waals surface area contributed by atoms with Gasteiger partial charge >= 0.3 is 0 Å². The smallest absolute Gasteiger partial charge is 0.226 e. The third kappa shape index (κ3) is 2.62. The van der Waals surface area contributed by atoms with E-state index in [4.69, 9.17) is 11.6 Å². The number of H-pyrrole nitrogens is 1. The maximum absolute atomic E-state index is 5.94. The van der Waals surface area contributed by atoms with Crippen molar-refractivity contribution in [3.63, 3.8) is 0 Å². The molecule has 1 aromatic carbocycles. The van der Waals surface area contributed by atoms with Crippen molar-refractivity contribution in [2.75, 3.05) is 11.9 Å². The minimum atomic E-state index is 0.197. The van der Waals surface area contributed by atoms with Crippen molar-refractivity contribution in [3.05, 3.63) is 45.9 Å². The minimum absolute atomic E-state index is 0.197. The molecular weight excluding hydrogens is 342 g/mol. The van der Waals surface area contributed by atoms with Gasteiger partial charge in [0.1, 0.15) is 5.52 Å². The van der Waals surface area contributed by atoms with Crippen LogP contribution >= 0.6 is 27.5 Å². The van der Waals surface area contributed by atoms with Gasteiger partial charge in [0.2, 0.25) is 5.28 Å². The number of hydrogen-bond acceptors (Lipinski definition) is 4. The van der Waals surface area contributed by atoms with Crippen molar-refractivity contribution in [1.29, 1.82) is 0 Å². The lowest BCUT2D eigenvalue weighted by Crippen LogP contribution is -2.18. The summed E-state index contributed by atoms with van der Waals surface area (Å²) >= 11 is 9.37. The van der Waals surface area contributed by atoms with Crippen LogP contribution in [-0.4, -0.2) is 27.0 Å². The fourth-order valence-corrected chi connectivity index (χ4v) is 2.43. The average molecular weight is 353 g/mol. The Hall–Kier alpha value is -1.66. The monoisotopic (exact) mass is 351 g/mol. The molecule has 102 valence electrons. The van der Waals surface area contributed by atoms with Crippen molar-refractivity contribution in [3.8, 4) is 0 Å². The molecule has 2 heterocycles. The summed E-state index contributed by atoms with van der Waals surface area (Å²) < 4.78 is 1.06. The van der Waals surface area contributed by atoms with Crippen molar-refractivity contribution in [2.24, 2.45) is 0 Å². The van der Waals surface area contributed by atoms with E-state index in [9.17, 15) is 0 Å². The molecule has 3 aromatic rings. The molecule has 0 amide bonds. The number of aromatic amines is 1. The van der Waals surface area contributed by atoms with Gasteiger partial charge in [0.05, 0.1) is 6.33 Å². The highest BCUT2D eigenvalue weighted by atomic mass is 79.9. The van der Waals surface area contributed by atoms with E-state index in [1.54, 1.807) is 6.33 Å². The van der Waals surface area contributed by atoms with Gasteiger partial charge in [-0.15, -0.1) is 0 Å². The number of nitrogens with zero attached hydrogens (tertiary/aromatic N) is 4. The average Bonchev–Trinajstić information content (AvgIpc) is 2.88. The van der Waals surface area contributed by atoms with Gasteiger partial charge in [-0.1, -0.05) is 28.1 Å². The van der Waals surface area contributed by atoms with Gasteiger partial charge < -0.3 is 9.88 Å². The summed E-state index contributed by atoms with van der Waals surface area (Å²) in [6.07, 6.45) is 1.59. The number of anilines is 1. The van der Waals surface area contributed by atoms with Crippen LogP contribution < -0.4 is 4.90 Å². The topological polar surface area (TPSA) is 57.7 Å². The lowest BCUT2D eigenvalue weighted by Gasteiger charge is -2.18. The zero-order valence-corrected chi connectivity index (χ0v) is 13.0. The van der Waals surface area contributed by atoms with Crippen molar-refractivity contribution >= 4 is 44.5 Å². The quantitative estimate of drug-likeness (QED) is 0.734. The van der Waals surface area contributed by atoms with Crippen LogP contribution in [0.4, 0.5) is 5.82 Å². The number of nitrogens with one attached hydrogen (secondary N) is 1. The van der Waals surface area contributed by atoms with Crippen LogP contribution in [-0.2, 0) is 6.54 Å². The van der Waals surface area contributed by atoms with E-state index in [0.717, 1.165) is 22.4 Å². The fraction of sp³-hybridized carbons (Fsp3) is 0.154. The predicted octanol–water partition coefficient (Wildman–Crippen LogP) is 3.41. The largest absolute Gasteiger partial charge is 0.353 e. The third-order valence-corrected chi connectivity index (χ3v) is 3.63. The summed E-state index contributed by atoms with van der Waals surface area (Å²) in [6, 6.07) is 8.16. The lowest BCUT2D eigenvalue weighted by atomic mass is 10.2. The van der Waals surface area contributed by atoms with E-state index in [1.807, 2.05) is 24.1 Å². The fourth-order valence-electron chi connectivity index (χ4n) is 2.01. The number of aromatic nitrogens is 4. The van der Waals surface area contributed by atoms with Gasteiger partial charge in [0.25, 0.3) is 0 Å². The van der Waals surface area contributed by atoms with Crippen LogP contribution in [0.5, 0.6) is 0 Å². The molecule has 5 nitrogen and oxygen atoms in total. The molecule has 3 rings (SSSR count). The first-order valence-corrected chi connectivity index (χ1v) is 7.13. The Morgan fingerprint density at radius 3 is 2.75 bits per heavy atom. The number of benzene rings is 1. The molecule has 0 bridgehead atoms. The van der Waals surface area contributed by atoms with Crippen LogP contribution in [0.2, 0.25) is 5.28 Å². The summed E-state index contributed by atoms with van der Waals surface area (Å²) in [5.74, 6) is 0.736. The number of halogens is 2. The molecule has 1 N–H and O–H groups in total. The van der Waals surface area contributed by atoms with E-state index >= 15 is 0 Å². The molecule has 7 heteroatoms.